The van der Waals surface area contributed by atoms with Crippen molar-refractivity contribution in [2.24, 2.45) is 0 Å². The summed E-state index contributed by atoms with van der Waals surface area (Å²) in [6.45, 7) is 1.17. The van der Waals surface area contributed by atoms with Crippen molar-refractivity contribution in [1.82, 2.24) is 15.5 Å². The first-order chi connectivity index (χ1) is 9.78. The van der Waals surface area contributed by atoms with Gasteiger partial charge < -0.3 is 14.8 Å². The fraction of sp³-hybridized carbons (Fsp3) is 0.714. The van der Waals surface area contributed by atoms with E-state index < -0.39 is 0 Å². The van der Waals surface area contributed by atoms with Gasteiger partial charge in [0.15, 0.2) is 5.69 Å². The number of ether oxygens (including phenoxy) is 2. The maximum atomic E-state index is 12.3. The number of nitrogens with zero attached hydrogens (tertiary/aromatic N) is 1. The Labute approximate surface area is 118 Å². The molecule has 6 nitrogen and oxygen atoms in total. The Morgan fingerprint density at radius 1 is 1.40 bits per heavy atom. The number of aromatic amines is 1. The zero-order chi connectivity index (χ0) is 13.9. The van der Waals surface area contributed by atoms with Crippen LogP contribution in [0.1, 0.15) is 47.4 Å². The van der Waals surface area contributed by atoms with Crippen molar-refractivity contribution in [1.29, 1.82) is 0 Å². The molecule has 1 aliphatic carbocycles. The van der Waals surface area contributed by atoms with Gasteiger partial charge in [-0.25, -0.2) is 0 Å². The standard InChI is InChI=1S/C14H21N3O3/c1-19-10-4-2-9(3-5-10)15-14(18)13-11-8-20-7-6-12(11)16-17-13/h9-10H,2-8H2,1H3,(H,15,18)(H,16,17). The number of hydrogen-bond donors (Lipinski definition) is 2. The second kappa shape index (κ2) is 5.93. The molecule has 0 aromatic carbocycles. The number of fused-ring (bicyclic) bond motifs is 1. The van der Waals surface area contributed by atoms with Crippen molar-refractivity contribution in [3.63, 3.8) is 0 Å². The highest BCUT2D eigenvalue weighted by Gasteiger charge is 2.26. The summed E-state index contributed by atoms with van der Waals surface area (Å²) in [5.41, 5.74) is 2.44. The van der Waals surface area contributed by atoms with Gasteiger partial charge in [0.1, 0.15) is 0 Å². The number of amides is 1. The Morgan fingerprint density at radius 3 is 2.95 bits per heavy atom. The Bertz CT molecular complexity index is 478. The minimum Gasteiger partial charge on any atom is -0.381 e. The highest BCUT2D eigenvalue weighted by atomic mass is 16.5. The van der Waals surface area contributed by atoms with Crippen LogP contribution in [0, 0.1) is 0 Å². The average molecular weight is 279 g/mol. The number of carbonyl (C=O) groups is 1. The van der Waals surface area contributed by atoms with Crippen molar-refractivity contribution in [2.45, 2.75) is 50.9 Å². The highest BCUT2D eigenvalue weighted by molar-refractivity contribution is 5.94. The van der Waals surface area contributed by atoms with Crippen LogP contribution in [0.3, 0.4) is 0 Å². The molecule has 1 fully saturated rings. The lowest BCUT2D eigenvalue weighted by atomic mass is 9.93. The highest BCUT2D eigenvalue weighted by Crippen LogP contribution is 2.22. The first kappa shape index (κ1) is 13.6. The Kier molecular flexibility index (Phi) is 4.03. The average Bonchev–Trinajstić information content (AvgIpc) is 2.92. The van der Waals surface area contributed by atoms with Crippen LogP contribution >= 0.6 is 0 Å². The maximum Gasteiger partial charge on any atom is 0.272 e. The number of nitrogens with one attached hydrogen (secondary N) is 2. The number of hydrogen-bond acceptors (Lipinski definition) is 4. The van der Waals surface area contributed by atoms with Gasteiger partial charge in [-0.2, -0.15) is 5.10 Å². The van der Waals surface area contributed by atoms with E-state index >= 15 is 0 Å². The van der Waals surface area contributed by atoms with Gasteiger partial charge in [-0.1, -0.05) is 0 Å². The van der Waals surface area contributed by atoms with Gasteiger partial charge in [-0.05, 0) is 25.7 Å². The molecule has 1 saturated carbocycles. The van der Waals surface area contributed by atoms with Crippen LogP contribution in [-0.4, -0.2) is 42.0 Å². The lowest BCUT2D eigenvalue weighted by Gasteiger charge is -2.28. The van der Waals surface area contributed by atoms with Gasteiger partial charge in [0.2, 0.25) is 0 Å². The molecule has 1 aromatic heterocycles. The van der Waals surface area contributed by atoms with Crippen LogP contribution in [0.4, 0.5) is 0 Å². The molecule has 2 N–H and O–H groups in total. The molecule has 6 heteroatoms. The summed E-state index contributed by atoms with van der Waals surface area (Å²) in [7, 11) is 1.75. The van der Waals surface area contributed by atoms with Crippen LogP contribution in [0.25, 0.3) is 0 Å². The maximum absolute atomic E-state index is 12.3. The Hall–Kier alpha value is -1.40. The third-order valence-corrected chi connectivity index (χ3v) is 4.25. The summed E-state index contributed by atoms with van der Waals surface area (Å²) in [6.07, 6.45) is 5.08. The van der Waals surface area contributed by atoms with E-state index in [0.29, 0.717) is 25.0 Å². The van der Waals surface area contributed by atoms with Gasteiger partial charge in [0.25, 0.3) is 5.91 Å². The lowest BCUT2D eigenvalue weighted by Crippen LogP contribution is -2.39. The van der Waals surface area contributed by atoms with Gasteiger partial charge in [-0.3, -0.25) is 9.89 Å². The molecule has 0 spiro atoms. The SMILES string of the molecule is COC1CCC(NC(=O)c2n[nH]c3c2COCC3)CC1. The van der Waals surface area contributed by atoms with Gasteiger partial charge >= 0.3 is 0 Å². The molecule has 1 amide bonds. The summed E-state index contributed by atoms with van der Waals surface area (Å²) >= 11 is 0. The topological polar surface area (TPSA) is 76.2 Å². The van der Waals surface area contributed by atoms with Crippen molar-refractivity contribution in [3.05, 3.63) is 17.0 Å². The normalized spacial score (nSPS) is 26.1. The summed E-state index contributed by atoms with van der Waals surface area (Å²) in [5.74, 6) is -0.0890. The molecule has 1 aromatic rings. The van der Waals surface area contributed by atoms with Crippen LogP contribution in [0.15, 0.2) is 0 Å². The fourth-order valence-corrected chi connectivity index (χ4v) is 3.00. The quantitative estimate of drug-likeness (QED) is 0.871. The lowest BCUT2D eigenvalue weighted by molar-refractivity contribution is 0.0597. The van der Waals surface area contributed by atoms with Gasteiger partial charge in [-0.15, -0.1) is 0 Å². The number of H-pyrrole nitrogens is 1. The van der Waals surface area contributed by atoms with E-state index in [1.54, 1.807) is 7.11 Å². The first-order valence-electron chi connectivity index (χ1n) is 7.25. The molecule has 20 heavy (non-hydrogen) atoms. The predicted octanol–water partition coefficient (Wildman–Crippen LogP) is 1.17. The molecule has 2 heterocycles. The Balaban J connectivity index is 1.61. The third-order valence-electron chi connectivity index (χ3n) is 4.25. The molecular formula is C14H21N3O3. The van der Waals surface area contributed by atoms with Crippen molar-refractivity contribution in [2.75, 3.05) is 13.7 Å². The molecule has 0 unspecified atom stereocenters. The van der Waals surface area contributed by atoms with Crippen LogP contribution in [0.2, 0.25) is 0 Å². The number of rotatable bonds is 3. The van der Waals surface area contributed by atoms with Crippen molar-refractivity contribution in [3.8, 4) is 0 Å². The predicted molar refractivity (Wildman–Crippen MR) is 72.5 cm³/mol. The molecule has 0 atom stereocenters. The monoisotopic (exact) mass is 279 g/mol. The summed E-state index contributed by atoms with van der Waals surface area (Å²) in [5, 5.41) is 10.2. The molecule has 110 valence electrons. The smallest absolute Gasteiger partial charge is 0.272 e. The number of aromatic nitrogens is 2. The minimum absolute atomic E-state index is 0.0890. The van der Waals surface area contributed by atoms with Crippen LogP contribution in [0.5, 0.6) is 0 Å². The van der Waals surface area contributed by atoms with E-state index in [9.17, 15) is 4.79 Å². The van der Waals surface area contributed by atoms with E-state index in [1.165, 1.54) is 0 Å². The molecule has 1 aliphatic heterocycles. The largest absolute Gasteiger partial charge is 0.381 e. The summed E-state index contributed by atoms with van der Waals surface area (Å²) < 4.78 is 10.8. The molecule has 0 saturated heterocycles. The molecular weight excluding hydrogens is 258 g/mol. The minimum atomic E-state index is -0.0890. The fourth-order valence-electron chi connectivity index (χ4n) is 3.00. The van der Waals surface area contributed by atoms with Crippen LogP contribution in [-0.2, 0) is 22.5 Å². The summed E-state index contributed by atoms with van der Waals surface area (Å²) in [4.78, 5) is 12.3. The van der Waals surface area contributed by atoms with E-state index in [1.807, 2.05) is 0 Å². The molecule has 0 radical (unpaired) electrons. The Morgan fingerprint density at radius 2 is 2.20 bits per heavy atom. The van der Waals surface area contributed by atoms with Crippen molar-refractivity contribution < 1.29 is 14.3 Å². The van der Waals surface area contributed by atoms with Crippen LogP contribution < -0.4 is 5.32 Å². The van der Waals surface area contributed by atoms with Gasteiger partial charge in [0, 0.05) is 30.8 Å². The van der Waals surface area contributed by atoms with E-state index in [-0.39, 0.29) is 11.9 Å². The van der Waals surface area contributed by atoms with Crippen molar-refractivity contribution >= 4 is 5.91 Å². The van der Waals surface area contributed by atoms with E-state index in [2.05, 4.69) is 15.5 Å². The summed E-state index contributed by atoms with van der Waals surface area (Å²) in [6, 6.07) is 0.228. The second-order valence-corrected chi connectivity index (χ2v) is 5.51. The zero-order valence-electron chi connectivity index (χ0n) is 11.8. The third kappa shape index (κ3) is 2.71. The molecule has 3 rings (SSSR count). The zero-order valence-corrected chi connectivity index (χ0v) is 11.8. The van der Waals surface area contributed by atoms with E-state index in [0.717, 1.165) is 43.4 Å². The molecule has 0 bridgehead atoms. The van der Waals surface area contributed by atoms with Gasteiger partial charge in [0.05, 0.1) is 19.3 Å². The second-order valence-electron chi connectivity index (χ2n) is 5.51. The first-order valence-corrected chi connectivity index (χ1v) is 7.25. The number of methoxy groups -OCH3 is 1. The number of carbonyl (C=O) groups excluding carboxylic acids is 1. The molecule has 2 aliphatic rings. The van der Waals surface area contributed by atoms with E-state index in [4.69, 9.17) is 9.47 Å².